The van der Waals surface area contributed by atoms with Gasteiger partial charge in [-0.2, -0.15) is 4.31 Å². The molecule has 2 rings (SSSR count). The van der Waals surface area contributed by atoms with E-state index >= 15 is 0 Å². The number of hydrogen-bond acceptors (Lipinski definition) is 4. The van der Waals surface area contributed by atoms with E-state index in [0.717, 1.165) is 12.8 Å². The second-order valence-electron chi connectivity index (χ2n) is 5.42. The van der Waals surface area contributed by atoms with E-state index in [-0.39, 0.29) is 16.9 Å². The fraction of sp³-hybridized carbons (Fsp3) is 0.571. The van der Waals surface area contributed by atoms with Crippen molar-refractivity contribution in [2.24, 2.45) is 11.7 Å². The van der Waals surface area contributed by atoms with Crippen LogP contribution in [0, 0.1) is 5.92 Å². The van der Waals surface area contributed by atoms with Crippen molar-refractivity contribution in [2.45, 2.75) is 30.7 Å². The lowest BCUT2D eigenvalue weighted by molar-refractivity contribution is 0.242. The van der Waals surface area contributed by atoms with Gasteiger partial charge in [0.25, 0.3) is 0 Å². The second kappa shape index (κ2) is 6.64. The zero-order valence-electron chi connectivity index (χ0n) is 12.3. The molecule has 0 aromatic heterocycles. The highest BCUT2D eigenvalue weighted by Gasteiger charge is 2.33. The zero-order chi connectivity index (χ0) is 15.6. The Labute approximate surface area is 134 Å². The van der Waals surface area contributed by atoms with Crippen molar-refractivity contribution < 1.29 is 13.2 Å². The van der Waals surface area contributed by atoms with Crippen LogP contribution in [0.15, 0.2) is 27.6 Å². The van der Waals surface area contributed by atoms with E-state index in [9.17, 15) is 8.42 Å². The van der Waals surface area contributed by atoms with Gasteiger partial charge in [-0.05, 0) is 43.9 Å². The number of halogens is 1. The Morgan fingerprint density at radius 1 is 1.48 bits per heavy atom. The van der Waals surface area contributed by atoms with Gasteiger partial charge in [-0.1, -0.05) is 15.9 Å². The molecule has 0 saturated carbocycles. The van der Waals surface area contributed by atoms with Crippen LogP contribution in [-0.4, -0.2) is 39.0 Å². The van der Waals surface area contributed by atoms with Crippen molar-refractivity contribution in [1.82, 2.24) is 4.31 Å². The Kier molecular flexibility index (Phi) is 5.29. The minimum Gasteiger partial charge on any atom is -0.495 e. The molecule has 1 aliphatic heterocycles. The molecule has 1 heterocycles. The number of benzene rings is 1. The topological polar surface area (TPSA) is 72.6 Å². The summed E-state index contributed by atoms with van der Waals surface area (Å²) in [6.45, 7) is 2.93. The van der Waals surface area contributed by atoms with Gasteiger partial charge in [0.1, 0.15) is 10.6 Å². The lowest BCUT2D eigenvalue weighted by Gasteiger charge is -2.34. The molecule has 2 unspecified atom stereocenters. The number of sulfonamides is 1. The normalized spacial score (nSPS) is 22.0. The summed E-state index contributed by atoms with van der Waals surface area (Å²) < 4.78 is 33.2. The van der Waals surface area contributed by atoms with Gasteiger partial charge in [0, 0.05) is 23.6 Å². The summed E-state index contributed by atoms with van der Waals surface area (Å²) in [6.07, 6.45) is 1.81. The standard InChI is InChI=1S/C14H21BrN2O3S/c1-10(16)11-4-3-7-17(9-11)21(18,19)14-8-12(15)5-6-13(14)20-2/h5-6,8,10-11H,3-4,7,9,16H2,1-2H3. The van der Waals surface area contributed by atoms with Crippen molar-refractivity contribution in [3.05, 3.63) is 22.7 Å². The molecule has 0 bridgehead atoms. The number of hydrogen-bond donors (Lipinski definition) is 1. The molecule has 1 aromatic rings. The number of ether oxygens (including phenoxy) is 1. The van der Waals surface area contributed by atoms with E-state index < -0.39 is 10.0 Å². The molecule has 118 valence electrons. The van der Waals surface area contributed by atoms with Crippen LogP contribution in [0.4, 0.5) is 0 Å². The molecule has 1 saturated heterocycles. The number of nitrogens with zero attached hydrogens (tertiary/aromatic N) is 1. The summed E-state index contributed by atoms with van der Waals surface area (Å²) in [5.41, 5.74) is 5.94. The molecule has 0 radical (unpaired) electrons. The second-order valence-corrected chi connectivity index (χ2v) is 8.24. The Balaban J connectivity index is 2.35. The molecule has 0 aliphatic carbocycles. The predicted molar refractivity (Wildman–Crippen MR) is 85.8 cm³/mol. The SMILES string of the molecule is COc1ccc(Br)cc1S(=O)(=O)N1CCCC(C(C)N)C1. The van der Waals surface area contributed by atoms with Crippen LogP contribution in [0.2, 0.25) is 0 Å². The molecule has 21 heavy (non-hydrogen) atoms. The number of piperidine rings is 1. The van der Waals surface area contributed by atoms with Gasteiger partial charge in [0.2, 0.25) is 10.0 Å². The Hall–Kier alpha value is -0.630. The summed E-state index contributed by atoms with van der Waals surface area (Å²) in [4.78, 5) is 0.199. The van der Waals surface area contributed by atoms with Crippen molar-refractivity contribution in [1.29, 1.82) is 0 Å². The largest absolute Gasteiger partial charge is 0.495 e. The first-order valence-electron chi connectivity index (χ1n) is 6.95. The lowest BCUT2D eigenvalue weighted by atomic mass is 9.93. The predicted octanol–water partition coefficient (Wildman–Crippen LogP) is 2.21. The first kappa shape index (κ1) is 16.7. The summed E-state index contributed by atoms with van der Waals surface area (Å²) >= 11 is 3.32. The highest BCUT2D eigenvalue weighted by molar-refractivity contribution is 9.10. The zero-order valence-corrected chi connectivity index (χ0v) is 14.7. The van der Waals surface area contributed by atoms with Gasteiger partial charge in [-0.15, -0.1) is 0 Å². The van der Waals surface area contributed by atoms with Crippen LogP contribution in [0.5, 0.6) is 5.75 Å². The highest BCUT2D eigenvalue weighted by Crippen LogP contribution is 2.32. The maximum Gasteiger partial charge on any atom is 0.246 e. The highest BCUT2D eigenvalue weighted by atomic mass is 79.9. The van der Waals surface area contributed by atoms with E-state index in [4.69, 9.17) is 10.5 Å². The molecular weight excluding hydrogens is 356 g/mol. The van der Waals surface area contributed by atoms with Gasteiger partial charge in [0.15, 0.2) is 0 Å². The molecule has 5 nitrogen and oxygen atoms in total. The lowest BCUT2D eigenvalue weighted by Crippen LogP contribution is -2.45. The molecule has 1 aromatic carbocycles. The third kappa shape index (κ3) is 3.59. The summed E-state index contributed by atoms with van der Waals surface area (Å²) in [7, 11) is -2.10. The fourth-order valence-electron chi connectivity index (χ4n) is 2.61. The van der Waals surface area contributed by atoms with E-state index in [0.29, 0.717) is 23.3 Å². The summed E-state index contributed by atoms with van der Waals surface area (Å²) in [5.74, 6) is 0.563. The maximum atomic E-state index is 12.9. The van der Waals surface area contributed by atoms with E-state index in [1.54, 1.807) is 18.2 Å². The number of nitrogens with two attached hydrogens (primary N) is 1. The molecule has 2 N–H and O–H groups in total. The van der Waals surface area contributed by atoms with E-state index in [1.165, 1.54) is 11.4 Å². The molecule has 1 aliphatic rings. The molecule has 2 atom stereocenters. The van der Waals surface area contributed by atoms with Gasteiger partial charge < -0.3 is 10.5 Å². The van der Waals surface area contributed by atoms with Crippen LogP contribution in [0.3, 0.4) is 0 Å². The summed E-state index contributed by atoms with van der Waals surface area (Å²) in [6, 6.07) is 5.00. The fourth-order valence-corrected chi connectivity index (χ4v) is 4.84. The monoisotopic (exact) mass is 376 g/mol. The van der Waals surface area contributed by atoms with Crippen LogP contribution < -0.4 is 10.5 Å². The first-order valence-corrected chi connectivity index (χ1v) is 9.19. The molecule has 1 fully saturated rings. The molecule has 0 amide bonds. The number of methoxy groups -OCH3 is 1. The van der Waals surface area contributed by atoms with Crippen LogP contribution >= 0.6 is 15.9 Å². The quantitative estimate of drug-likeness (QED) is 0.873. The van der Waals surface area contributed by atoms with Gasteiger partial charge in [-0.25, -0.2) is 8.42 Å². The van der Waals surface area contributed by atoms with Gasteiger partial charge >= 0.3 is 0 Å². The third-order valence-corrected chi connectivity index (χ3v) is 6.29. The van der Waals surface area contributed by atoms with Gasteiger partial charge in [-0.3, -0.25) is 0 Å². The average molecular weight is 377 g/mol. The smallest absolute Gasteiger partial charge is 0.246 e. The molecular formula is C14H21BrN2O3S. The molecule has 7 heteroatoms. The van der Waals surface area contributed by atoms with Crippen molar-refractivity contribution in [3.63, 3.8) is 0 Å². The number of rotatable bonds is 4. The first-order chi connectivity index (χ1) is 9.86. The minimum atomic E-state index is -3.57. The van der Waals surface area contributed by atoms with E-state index in [1.807, 2.05) is 6.92 Å². The molecule has 0 spiro atoms. The van der Waals surface area contributed by atoms with Crippen molar-refractivity contribution >= 4 is 26.0 Å². The minimum absolute atomic E-state index is 0.00703. The summed E-state index contributed by atoms with van der Waals surface area (Å²) in [5, 5.41) is 0. The Bertz CT molecular complexity index is 604. The van der Waals surface area contributed by atoms with E-state index in [2.05, 4.69) is 15.9 Å². The Morgan fingerprint density at radius 3 is 2.81 bits per heavy atom. The van der Waals surface area contributed by atoms with Gasteiger partial charge in [0.05, 0.1) is 7.11 Å². The maximum absolute atomic E-state index is 12.9. The van der Waals surface area contributed by atoms with Crippen molar-refractivity contribution in [2.75, 3.05) is 20.2 Å². The Morgan fingerprint density at radius 2 is 2.19 bits per heavy atom. The average Bonchev–Trinajstić information content (AvgIpc) is 2.47. The third-order valence-electron chi connectivity index (χ3n) is 3.91. The van der Waals surface area contributed by atoms with Crippen LogP contribution in [-0.2, 0) is 10.0 Å². The van der Waals surface area contributed by atoms with Crippen LogP contribution in [0.1, 0.15) is 19.8 Å². The van der Waals surface area contributed by atoms with Crippen molar-refractivity contribution in [3.8, 4) is 5.75 Å². The van der Waals surface area contributed by atoms with Crippen LogP contribution in [0.25, 0.3) is 0 Å².